The van der Waals surface area contributed by atoms with Crippen molar-refractivity contribution in [3.05, 3.63) is 64.7 Å². The molecule has 1 amide bonds. The van der Waals surface area contributed by atoms with Crippen LogP contribution in [0, 0.1) is 5.92 Å². The van der Waals surface area contributed by atoms with Crippen LogP contribution in [0.15, 0.2) is 47.4 Å². The summed E-state index contributed by atoms with van der Waals surface area (Å²) in [5, 5.41) is 2.94. The van der Waals surface area contributed by atoms with Gasteiger partial charge in [-0.15, -0.1) is 0 Å². The molecule has 0 saturated carbocycles. The Morgan fingerprint density at radius 3 is 2.31 bits per heavy atom. The molecule has 0 aliphatic carbocycles. The number of likely N-dealkylation sites (tertiary alicyclic amines) is 1. The molecule has 35 heavy (non-hydrogen) atoms. The first-order valence-corrected chi connectivity index (χ1v) is 14.1. The van der Waals surface area contributed by atoms with Crippen molar-refractivity contribution in [1.29, 1.82) is 0 Å². The van der Waals surface area contributed by atoms with Crippen LogP contribution < -0.4 is 5.32 Å². The molecule has 2 aliphatic rings. The highest BCUT2D eigenvalue weighted by molar-refractivity contribution is 7.89. The van der Waals surface area contributed by atoms with Crippen molar-refractivity contribution in [2.24, 2.45) is 5.92 Å². The van der Waals surface area contributed by atoms with Gasteiger partial charge in [0.1, 0.15) is 0 Å². The Morgan fingerprint density at radius 1 is 1.00 bits per heavy atom. The summed E-state index contributed by atoms with van der Waals surface area (Å²) in [4.78, 5) is 15.6. The monoisotopic (exact) mass is 499 g/mol. The van der Waals surface area contributed by atoms with Gasteiger partial charge in [-0.3, -0.25) is 9.69 Å². The van der Waals surface area contributed by atoms with E-state index >= 15 is 0 Å². The minimum absolute atomic E-state index is 0.214. The zero-order valence-corrected chi connectivity index (χ0v) is 21.6. The van der Waals surface area contributed by atoms with Crippen molar-refractivity contribution in [3.8, 4) is 0 Å². The summed E-state index contributed by atoms with van der Waals surface area (Å²) in [5.74, 6) is 0.545. The van der Waals surface area contributed by atoms with Crippen molar-refractivity contribution in [1.82, 2.24) is 14.5 Å². The number of carbonyl (C=O) groups is 1. The summed E-state index contributed by atoms with van der Waals surface area (Å²) >= 11 is 0. The number of nitrogens with one attached hydrogen (secondary N) is 1. The number of aryl methyl sites for hydroxylation is 1. The Labute approximate surface area is 209 Å². The van der Waals surface area contributed by atoms with Crippen LogP contribution in [-0.4, -0.2) is 62.9 Å². The summed E-state index contributed by atoms with van der Waals surface area (Å²) in [6, 6.07) is 13.3. The molecule has 8 heteroatoms. The highest BCUT2D eigenvalue weighted by Gasteiger charge is 2.29. The summed E-state index contributed by atoms with van der Waals surface area (Å²) in [7, 11) is -3.68. The average molecular weight is 500 g/mol. The quantitative estimate of drug-likeness (QED) is 0.602. The molecule has 2 saturated heterocycles. The molecule has 0 radical (unpaired) electrons. The van der Waals surface area contributed by atoms with Gasteiger partial charge in [-0.1, -0.05) is 44.2 Å². The van der Waals surface area contributed by atoms with Crippen LogP contribution >= 0.6 is 0 Å². The minimum atomic E-state index is -3.68. The van der Waals surface area contributed by atoms with Gasteiger partial charge in [-0.25, -0.2) is 8.42 Å². The number of nitrogens with zero attached hydrogens (tertiary/aromatic N) is 2. The number of morpholine rings is 1. The van der Waals surface area contributed by atoms with Crippen LogP contribution in [0.3, 0.4) is 0 Å². The van der Waals surface area contributed by atoms with Crippen LogP contribution in [0.1, 0.15) is 53.7 Å². The van der Waals surface area contributed by atoms with E-state index in [9.17, 15) is 13.2 Å². The van der Waals surface area contributed by atoms with E-state index in [1.54, 1.807) is 12.1 Å². The first-order valence-electron chi connectivity index (χ1n) is 12.7. The summed E-state index contributed by atoms with van der Waals surface area (Å²) in [5.41, 5.74) is 3.36. The topological polar surface area (TPSA) is 79.0 Å². The Hall–Kier alpha value is -2.26. The Kier molecular flexibility index (Phi) is 8.59. The molecule has 2 aromatic carbocycles. The van der Waals surface area contributed by atoms with Crippen LogP contribution in [0.2, 0.25) is 0 Å². The molecule has 1 N–H and O–H groups in total. The largest absolute Gasteiger partial charge is 0.379 e. The van der Waals surface area contributed by atoms with Gasteiger partial charge >= 0.3 is 0 Å². The van der Waals surface area contributed by atoms with Crippen LogP contribution in [0.4, 0.5) is 0 Å². The lowest BCUT2D eigenvalue weighted by Crippen LogP contribution is -2.41. The third kappa shape index (κ3) is 6.50. The first-order chi connectivity index (χ1) is 16.9. The number of rotatable bonds is 8. The maximum atomic E-state index is 13.2. The molecule has 2 aliphatic heterocycles. The molecule has 0 unspecified atom stereocenters. The van der Waals surface area contributed by atoms with Gasteiger partial charge in [0.25, 0.3) is 5.91 Å². The minimum Gasteiger partial charge on any atom is -0.379 e. The zero-order valence-electron chi connectivity index (χ0n) is 20.8. The van der Waals surface area contributed by atoms with E-state index in [-0.39, 0.29) is 10.8 Å². The van der Waals surface area contributed by atoms with Gasteiger partial charge in [0.15, 0.2) is 0 Å². The van der Waals surface area contributed by atoms with Gasteiger partial charge in [0.2, 0.25) is 10.0 Å². The molecule has 0 aromatic heterocycles. The second-order valence-corrected chi connectivity index (χ2v) is 11.6. The fourth-order valence-corrected chi connectivity index (χ4v) is 6.41. The van der Waals surface area contributed by atoms with Crippen molar-refractivity contribution in [2.75, 3.05) is 39.4 Å². The summed E-state index contributed by atoms with van der Waals surface area (Å²) in [6.07, 6.45) is 3.10. The van der Waals surface area contributed by atoms with E-state index in [1.807, 2.05) is 6.92 Å². The van der Waals surface area contributed by atoms with E-state index in [2.05, 4.69) is 41.4 Å². The smallest absolute Gasteiger partial charge is 0.251 e. The molecule has 2 aromatic rings. The maximum absolute atomic E-state index is 13.2. The number of sulfonamides is 1. The third-order valence-corrected chi connectivity index (χ3v) is 9.04. The number of amides is 1. The molecule has 0 bridgehead atoms. The van der Waals surface area contributed by atoms with Crippen LogP contribution in [0.25, 0.3) is 0 Å². The van der Waals surface area contributed by atoms with Crippen molar-refractivity contribution in [3.63, 3.8) is 0 Å². The first kappa shape index (κ1) is 25.8. The second-order valence-electron chi connectivity index (χ2n) is 9.65. The van der Waals surface area contributed by atoms with Gasteiger partial charge < -0.3 is 10.1 Å². The van der Waals surface area contributed by atoms with Crippen molar-refractivity contribution < 1.29 is 17.9 Å². The number of benzene rings is 2. The zero-order chi connectivity index (χ0) is 24.8. The normalized spacial score (nSPS) is 18.5. The van der Waals surface area contributed by atoms with Gasteiger partial charge in [0, 0.05) is 31.7 Å². The van der Waals surface area contributed by atoms with Gasteiger partial charge in [-0.2, -0.15) is 4.31 Å². The third-order valence-electron chi connectivity index (χ3n) is 7.06. The van der Waals surface area contributed by atoms with Crippen molar-refractivity contribution in [2.45, 2.75) is 51.1 Å². The molecule has 2 heterocycles. The fourth-order valence-electron chi connectivity index (χ4n) is 4.68. The number of hydrogen-bond acceptors (Lipinski definition) is 5. The van der Waals surface area contributed by atoms with E-state index in [0.29, 0.717) is 50.4 Å². The van der Waals surface area contributed by atoms with Gasteiger partial charge in [-0.05, 0) is 67.1 Å². The molecule has 4 rings (SSSR count). The SMILES string of the molecule is CCc1ccc(C(=O)NCc2ccc(CN3CCC(C)CC3)cc2)cc1S(=O)(=O)N1CCOCC1. The molecule has 0 atom stereocenters. The molecule has 190 valence electrons. The van der Waals surface area contributed by atoms with Gasteiger partial charge in [0.05, 0.1) is 18.1 Å². The summed E-state index contributed by atoms with van der Waals surface area (Å²) in [6.45, 7) is 9.33. The lowest BCUT2D eigenvalue weighted by atomic mass is 9.99. The molecule has 0 spiro atoms. The Bertz CT molecular complexity index is 1100. The molecule has 7 nitrogen and oxygen atoms in total. The fraction of sp³-hybridized carbons (Fsp3) is 0.519. The van der Waals surface area contributed by atoms with Crippen LogP contribution in [0.5, 0.6) is 0 Å². The average Bonchev–Trinajstić information content (AvgIpc) is 2.89. The van der Waals surface area contributed by atoms with E-state index in [0.717, 1.165) is 31.1 Å². The Balaban J connectivity index is 1.38. The lowest BCUT2D eigenvalue weighted by molar-refractivity contribution is 0.0730. The molecular formula is C27H37N3O4S. The Morgan fingerprint density at radius 2 is 1.66 bits per heavy atom. The number of ether oxygens (including phenoxy) is 1. The maximum Gasteiger partial charge on any atom is 0.251 e. The lowest BCUT2D eigenvalue weighted by Gasteiger charge is -2.30. The highest BCUT2D eigenvalue weighted by atomic mass is 32.2. The standard InChI is InChI=1S/C27H37N3O4S/c1-3-24-8-9-25(18-26(24)35(32,33)30-14-16-34-17-15-30)27(31)28-19-22-4-6-23(7-5-22)20-29-12-10-21(2)11-13-29/h4-9,18,21H,3,10-17,19-20H2,1-2H3,(H,28,31). The van der Waals surface area contributed by atoms with Crippen molar-refractivity contribution >= 4 is 15.9 Å². The summed E-state index contributed by atoms with van der Waals surface area (Å²) < 4.78 is 33.2. The predicted molar refractivity (Wildman–Crippen MR) is 137 cm³/mol. The van der Waals surface area contributed by atoms with E-state index in [1.165, 1.54) is 28.8 Å². The number of carbonyl (C=O) groups excluding carboxylic acids is 1. The predicted octanol–water partition coefficient (Wildman–Crippen LogP) is 3.43. The molecule has 2 fully saturated rings. The number of piperidine rings is 1. The van der Waals surface area contributed by atoms with E-state index in [4.69, 9.17) is 4.74 Å². The van der Waals surface area contributed by atoms with E-state index < -0.39 is 10.0 Å². The highest BCUT2D eigenvalue weighted by Crippen LogP contribution is 2.24. The number of hydrogen-bond donors (Lipinski definition) is 1. The second kappa shape index (κ2) is 11.6. The van der Waals surface area contributed by atoms with Crippen LogP contribution in [-0.2, 0) is 34.3 Å². The molecular weight excluding hydrogens is 462 g/mol.